The zero-order valence-electron chi connectivity index (χ0n) is 11.7. The van der Waals surface area contributed by atoms with E-state index in [0.717, 1.165) is 17.1 Å². The van der Waals surface area contributed by atoms with Gasteiger partial charge >= 0.3 is 5.97 Å². The van der Waals surface area contributed by atoms with Crippen molar-refractivity contribution in [3.8, 4) is 0 Å². The second-order valence-corrected chi connectivity index (χ2v) is 5.35. The Morgan fingerprint density at radius 3 is 3.00 bits per heavy atom. The number of carboxylic acids is 1. The van der Waals surface area contributed by atoms with Gasteiger partial charge in [-0.05, 0) is 30.2 Å². The zero-order valence-corrected chi connectivity index (χ0v) is 11.7. The van der Waals surface area contributed by atoms with Crippen LogP contribution < -0.4 is 4.90 Å². The van der Waals surface area contributed by atoms with Crippen molar-refractivity contribution in [1.29, 1.82) is 0 Å². The van der Waals surface area contributed by atoms with Crippen molar-refractivity contribution in [1.82, 2.24) is 9.55 Å². The fraction of sp³-hybridized carbons (Fsp3) is 0.333. The molecule has 6 heteroatoms. The molecule has 0 spiro atoms. The molecule has 110 valence electrons. The van der Waals surface area contributed by atoms with Gasteiger partial charge in [-0.25, -0.2) is 9.37 Å². The van der Waals surface area contributed by atoms with Gasteiger partial charge in [0.1, 0.15) is 11.6 Å². The van der Waals surface area contributed by atoms with Gasteiger partial charge in [-0.1, -0.05) is 0 Å². The summed E-state index contributed by atoms with van der Waals surface area (Å²) in [6, 6.07) is 4.55. The first kappa shape index (κ1) is 13.6. The number of aromatic nitrogens is 2. The minimum atomic E-state index is -0.852. The molecule has 0 fully saturated rings. The lowest BCUT2D eigenvalue weighted by atomic mass is 9.92. The van der Waals surface area contributed by atoms with E-state index in [0.29, 0.717) is 19.5 Å². The summed E-state index contributed by atoms with van der Waals surface area (Å²) in [5.41, 5.74) is 1.62. The molecule has 3 rings (SSSR count). The van der Waals surface area contributed by atoms with Crippen LogP contribution in [0.4, 0.5) is 10.1 Å². The number of aryl methyl sites for hydroxylation is 1. The molecule has 21 heavy (non-hydrogen) atoms. The second-order valence-electron chi connectivity index (χ2n) is 5.35. The van der Waals surface area contributed by atoms with E-state index in [-0.39, 0.29) is 5.82 Å². The highest BCUT2D eigenvalue weighted by molar-refractivity contribution is 5.73. The van der Waals surface area contributed by atoms with Crippen molar-refractivity contribution in [2.45, 2.75) is 13.0 Å². The third-order valence-electron chi connectivity index (χ3n) is 3.89. The van der Waals surface area contributed by atoms with Crippen LogP contribution in [0.2, 0.25) is 0 Å². The van der Waals surface area contributed by atoms with Gasteiger partial charge in [-0.2, -0.15) is 0 Å². The summed E-state index contributed by atoms with van der Waals surface area (Å²) in [5, 5.41) is 9.29. The molecule has 0 radical (unpaired) electrons. The van der Waals surface area contributed by atoms with Crippen molar-refractivity contribution >= 4 is 11.7 Å². The maximum atomic E-state index is 13.4. The number of carboxylic acid groups (broad SMARTS) is 1. The number of nitrogens with zero attached hydrogens (tertiary/aromatic N) is 3. The summed E-state index contributed by atoms with van der Waals surface area (Å²) >= 11 is 0. The molecule has 0 saturated heterocycles. The Balaban J connectivity index is 1.95. The standard InChI is InChI=1S/C15H16FN3O2/c1-18-5-4-17-14(18)9-19-8-11(15(20)21)6-10-7-12(16)2-3-13(10)19/h2-5,7,11H,6,8-9H2,1H3,(H,20,21). The number of imidazole rings is 1. The molecule has 1 aliphatic heterocycles. The molecular weight excluding hydrogens is 273 g/mol. The van der Waals surface area contributed by atoms with Crippen molar-refractivity contribution in [2.24, 2.45) is 13.0 Å². The minimum absolute atomic E-state index is 0.336. The number of fused-ring (bicyclic) bond motifs is 1. The van der Waals surface area contributed by atoms with E-state index in [1.807, 2.05) is 22.7 Å². The molecule has 1 N–H and O–H groups in total. The number of aliphatic carboxylic acids is 1. The fourth-order valence-electron chi connectivity index (χ4n) is 2.76. The zero-order chi connectivity index (χ0) is 15.0. The highest BCUT2D eigenvalue weighted by Gasteiger charge is 2.29. The topological polar surface area (TPSA) is 58.4 Å². The summed E-state index contributed by atoms with van der Waals surface area (Å²) in [7, 11) is 1.90. The Kier molecular flexibility index (Phi) is 3.37. The molecular formula is C15H16FN3O2. The van der Waals surface area contributed by atoms with Crippen molar-refractivity contribution in [2.75, 3.05) is 11.4 Å². The van der Waals surface area contributed by atoms with Gasteiger partial charge in [0.05, 0.1) is 12.5 Å². The number of anilines is 1. The van der Waals surface area contributed by atoms with Crippen LogP contribution in [0.25, 0.3) is 0 Å². The lowest BCUT2D eigenvalue weighted by Crippen LogP contribution is -2.39. The molecule has 1 aromatic heterocycles. The second kappa shape index (κ2) is 5.20. The van der Waals surface area contributed by atoms with E-state index in [4.69, 9.17) is 0 Å². The van der Waals surface area contributed by atoms with E-state index >= 15 is 0 Å². The van der Waals surface area contributed by atoms with Gasteiger partial charge in [0, 0.05) is 31.7 Å². The Morgan fingerprint density at radius 1 is 1.52 bits per heavy atom. The Hall–Kier alpha value is -2.37. The van der Waals surface area contributed by atoms with Gasteiger partial charge < -0.3 is 14.6 Å². The number of hydrogen-bond donors (Lipinski definition) is 1. The Labute approximate surface area is 121 Å². The van der Waals surface area contributed by atoms with E-state index in [9.17, 15) is 14.3 Å². The number of halogens is 1. The molecule has 1 unspecified atom stereocenters. The minimum Gasteiger partial charge on any atom is -0.481 e. The Bertz CT molecular complexity index is 683. The molecule has 5 nitrogen and oxygen atoms in total. The average molecular weight is 289 g/mol. The van der Waals surface area contributed by atoms with Crippen molar-refractivity contribution < 1.29 is 14.3 Å². The molecule has 1 aliphatic rings. The first-order valence-electron chi connectivity index (χ1n) is 6.77. The number of benzene rings is 1. The van der Waals surface area contributed by atoms with Crippen LogP contribution in [0.1, 0.15) is 11.4 Å². The SMILES string of the molecule is Cn1ccnc1CN1CC(C(=O)O)Cc2cc(F)ccc21. The first-order valence-corrected chi connectivity index (χ1v) is 6.77. The van der Waals surface area contributed by atoms with Crippen molar-refractivity contribution in [3.63, 3.8) is 0 Å². The quantitative estimate of drug-likeness (QED) is 0.936. The summed E-state index contributed by atoms with van der Waals surface area (Å²) in [6.45, 7) is 0.909. The lowest BCUT2D eigenvalue weighted by molar-refractivity contribution is -0.141. The predicted octanol–water partition coefficient (Wildman–Crippen LogP) is 1.82. The van der Waals surface area contributed by atoms with E-state index < -0.39 is 11.9 Å². The van der Waals surface area contributed by atoms with E-state index in [1.165, 1.54) is 12.1 Å². The first-order chi connectivity index (χ1) is 10.0. The monoisotopic (exact) mass is 289 g/mol. The van der Waals surface area contributed by atoms with Crippen LogP contribution in [0, 0.1) is 11.7 Å². The molecule has 0 amide bonds. The number of rotatable bonds is 3. The van der Waals surface area contributed by atoms with Gasteiger partial charge in [-0.15, -0.1) is 0 Å². The summed E-state index contributed by atoms with van der Waals surface area (Å²) < 4.78 is 15.3. The van der Waals surface area contributed by atoms with Crippen LogP contribution in [-0.2, 0) is 24.8 Å². The van der Waals surface area contributed by atoms with Crippen molar-refractivity contribution in [3.05, 3.63) is 47.8 Å². The molecule has 2 aromatic rings. The molecule has 1 atom stereocenters. The number of carbonyl (C=O) groups is 1. The third-order valence-corrected chi connectivity index (χ3v) is 3.89. The Morgan fingerprint density at radius 2 is 2.33 bits per heavy atom. The summed E-state index contributed by atoms with van der Waals surface area (Å²) in [6.07, 6.45) is 3.92. The maximum absolute atomic E-state index is 13.4. The molecule has 2 heterocycles. The normalized spacial score (nSPS) is 17.6. The molecule has 1 aromatic carbocycles. The smallest absolute Gasteiger partial charge is 0.308 e. The largest absolute Gasteiger partial charge is 0.481 e. The molecule has 0 saturated carbocycles. The highest BCUT2D eigenvalue weighted by atomic mass is 19.1. The molecule has 0 bridgehead atoms. The maximum Gasteiger partial charge on any atom is 0.308 e. The van der Waals surface area contributed by atoms with Crippen LogP contribution >= 0.6 is 0 Å². The predicted molar refractivity (Wildman–Crippen MR) is 75.5 cm³/mol. The summed E-state index contributed by atoms with van der Waals surface area (Å²) in [5.74, 6) is -0.873. The summed E-state index contributed by atoms with van der Waals surface area (Å²) in [4.78, 5) is 17.6. The highest BCUT2D eigenvalue weighted by Crippen LogP contribution is 2.31. The van der Waals surface area contributed by atoms with Gasteiger partial charge in [0.2, 0.25) is 0 Å². The van der Waals surface area contributed by atoms with E-state index in [2.05, 4.69) is 4.98 Å². The van der Waals surface area contributed by atoms with Gasteiger partial charge in [0.25, 0.3) is 0 Å². The third kappa shape index (κ3) is 2.61. The fourth-order valence-corrected chi connectivity index (χ4v) is 2.76. The van der Waals surface area contributed by atoms with Crippen LogP contribution in [-0.4, -0.2) is 27.2 Å². The lowest BCUT2D eigenvalue weighted by Gasteiger charge is -2.34. The van der Waals surface area contributed by atoms with E-state index in [1.54, 1.807) is 12.3 Å². The van der Waals surface area contributed by atoms with Crippen LogP contribution in [0.15, 0.2) is 30.6 Å². The van der Waals surface area contributed by atoms with Gasteiger partial charge in [0.15, 0.2) is 0 Å². The average Bonchev–Trinajstić information content (AvgIpc) is 2.83. The number of hydrogen-bond acceptors (Lipinski definition) is 3. The molecule has 0 aliphatic carbocycles. The van der Waals surface area contributed by atoms with Crippen LogP contribution in [0.5, 0.6) is 0 Å². The van der Waals surface area contributed by atoms with Gasteiger partial charge in [-0.3, -0.25) is 4.79 Å². The van der Waals surface area contributed by atoms with Crippen LogP contribution in [0.3, 0.4) is 0 Å².